The van der Waals surface area contributed by atoms with Crippen LogP contribution < -0.4 is 31.9 Å². The van der Waals surface area contributed by atoms with E-state index in [2.05, 4.69) is 31.9 Å². The summed E-state index contributed by atoms with van der Waals surface area (Å²) < 4.78 is 5.94. The van der Waals surface area contributed by atoms with Crippen molar-refractivity contribution in [3.05, 3.63) is 95.6 Å². The molecule has 5 rings (SSSR count). The summed E-state index contributed by atoms with van der Waals surface area (Å²) in [7, 11) is 1.38. The van der Waals surface area contributed by atoms with E-state index < -0.39 is 145 Å². The van der Waals surface area contributed by atoms with Gasteiger partial charge in [0.1, 0.15) is 72.2 Å². The Morgan fingerprint density at radius 2 is 1.32 bits per heavy atom. The van der Waals surface area contributed by atoms with Crippen LogP contribution in [0.5, 0.6) is 11.5 Å². The molecule has 0 aromatic heterocycles. The standard InChI is InChI=1S/C57H76N8O15/c1-8-13-44(68)58-41(28-35-16-20-37(66)21-17-35)50(71)60-40(56(77)78)24-26-45(69)62-48-33(6)80-57(79)47(32(5)9-2)63-52(73)43(30-34-14-11-10-12-15-34)64(7)55(76)49(31(3)4)65-46(70)27-25-39(54(65)75)59-51(72)42(61-53(48)74)29-36-18-22-38(67)23-19-36/h10-12,14-23,31-33,39-43,46-49,66-67,70H,8-9,13,24-30H2,1-7H3,(H,58,68)(H,59,72)(H,60,71)(H,61,74)(H,62,69)(H,63,73)(H,77,78)/t32-,33-,39-,40+,41-,42?,43-,46?,47-,48-,49-/m0/s1. The van der Waals surface area contributed by atoms with Crippen LogP contribution in [0.1, 0.15) is 103 Å². The lowest BCUT2D eigenvalue weighted by Crippen LogP contribution is -2.66. The second kappa shape index (κ2) is 29.2. The molecule has 23 nitrogen and oxygen atoms in total. The van der Waals surface area contributed by atoms with Gasteiger partial charge in [0.05, 0.1) is 0 Å². The molecule has 11 atom stereocenters. The number of carbonyl (C=O) groups excluding carboxylic acids is 9. The van der Waals surface area contributed by atoms with Crippen molar-refractivity contribution in [2.24, 2.45) is 11.8 Å². The molecule has 2 bridgehead atoms. The van der Waals surface area contributed by atoms with Gasteiger partial charge in [-0.3, -0.25) is 38.4 Å². The third-order valence-corrected chi connectivity index (χ3v) is 14.4. The first-order valence-corrected chi connectivity index (χ1v) is 27.0. The number of amides is 8. The minimum atomic E-state index is -1.85. The van der Waals surface area contributed by atoms with Crippen molar-refractivity contribution in [3.63, 3.8) is 0 Å². The van der Waals surface area contributed by atoms with Crippen molar-refractivity contribution in [2.75, 3.05) is 7.05 Å². The summed E-state index contributed by atoms with van der Waals surface area (Å²) in [6, 6.07) is 8.35. The number of cyclic esters (lactones) is 1. The number of aliphatic carboxylic acids is 1. The Balaban J connectivity index is 1.53. The number of carbonyl (C=O) groups is 10. The number of ether oxygens (including phenoxy) is 1. The monoisotopic (exact) mass is 1110 g/mol. The Kier molecular flexibility index (Phi) is 22.9. The van der Waals surface area contributed by atoms with Crippen molar-refractivity contribution in [1.82, 2.24) is 41.7 Å². The molecule has 2 saturated heterocycles. The molecule has 3 aromatic rings. The number of aromatic hydroxyl groups is 2. The average Bonchev–Trinajstić information content (AvgIpc) is 3.46. The van der Waals surface area contributed by atoms with Crippen LogP contribution in [0.15, 0.2) is 78.9 Å². The summed E-state index contributed by atoms with van der Waals surface area (Å²) in [4.78, 5) is 143. The van der Waals surface area contributed by atoms with Crippen molar-refractivity contribution < 1.29 is 73.1 Å². The van der Waals surface area contributed by atoms with Gasteiger partial charge in [-0.2, -0.15) is 0 Å². The number of hydrogen-bond donors (Lipinski definition) is 10. The van der Waals surface area contributed by atoms with Crippen LogP contribution in [0.3, 0.4) is 0 Å². The van der Waals surface area contributed by atoms with E-state index >= 15 is 0 Å². The third-order valence-electron chi connectivity index (χ3n) is 14.4. The number of rotatable bonds is 19. The molecule has 0 aliphatic carbocycles. The van der Waals surface area contributed by atoms with Gasteiger partial charge < -0.3 is 66.9 Å². The lowest BCUT2D eigenvalue weighted by Gasteiger charge is -2.44. The maximum atomic E-state index is 14.9. The Morgan fingerprint density at radius 3 is 1.91 bits per heavy atom. The Labute approximate surface area is 464 Å². The van der Waals surface area contributed by atoms with Crippen LogP contribution in [-0.4, -0.2) is 157 Å². The maximum Gasteiger partial charge on any atom is 0.329 e. The van der Waals surface area contributed by atoms with Gasteiger partial charge >= 0.3 is 11.9 Å². The van der Waals surface area contributed by atoms with E-state index in [1.165, 1.54) is 62.5 Å². The minimum Gasteiger partial charge on any atom is -0.508 e. The number of carboxylic acids is 1. The van der Waals surface area contributed by atoms with Crippen LogP contribution >= 0.6 is 0 Å². The molecular weight excluding hydrogens is 1040 g/mol. The number of carboxylic acid groups (broad SMARTS) is 1. The fraction of sp³-hybridized carbons (Fsp3) is 0.509. The highest BCUT2D eigenvalue weighted by Crippen LogP contribution is 2.27. The van der Waals surface area contributed by atoms with E-state index in [1.807, 2.05) is 0 Å². The van der Waals surface area contributed by atoms with E-state index in [9.17, 15) is 68.4 Å². The number of nitrogens with one attached hydrogen (secondary N) is 6. The summed E-state index contributed by atoms with van der Waals surface area (Å²) in [5.41, 5.74) is 1.58. The maximum absolute atomic E-state index is 14.9. The number of benzene rings is 3. The van der Waals surface area contributed by atoms with Gasteiger partial charge in [0, 0.05) is 39.2 Å². The van der Waals surface area contributed by atoms with Crippen molar-refractivity contribution in [2.45, 2.75) is 166 Å². The molecule has 2 unspecified atom stereocenters. The molecule has 0 saturated carbocycles. The number of hydrogen-bond acceptors (Lipinski definition) is 14. The molecule has 23 heteroatoms. The summed E-state index contributed by atoms with van der Waals surface area (Å²) in [5.74, 6) is -10.7. The average molecular weight is 1110 g/mol. The Bertz CT molecular complexity index is 2670. The number of nitrogens with zero attached hydrogens (tertiary/aromatic N) is 2. The molecule has 2 aliphatic heterocycles. The SMILES string of the molecule is CCCC(=O)N[C@@H](Cc1ccc(O)cc1)C(=O)N[C@H](CCC(=O)N[C@@H]1C(=O)NC(Cc2ccc(O)cc2)C(=O)N[C@H]2CCC(O)N(C2=O)[C@@H](C(C)C)C(=O)N(C)[C@@H](Cc2ccccc2)C(=O)N[C@@H]([C@@H](C)CC)C(=O)O[C@H]1C)C(=O)O. The summed E-state index contributed by atoms with van der Waals surface area (Å²) in [5, 5.41) is 57.1. The van der Waals surface area contributed by atoms with Gasteiger partial charge in [0.15, 0.2) is 0 Å². The first-order chi connectivity index (χ1) is 37.9. The fourth-order valence-electron chi connectivity index (χ4n) is 9.56. The zero-order valence-corrected chi connectivity index (χ0v) is 46.2. The minimum absolute atomic E-state index is 0.0443. The molecule has 80 heavy (non-hydrogen) atoms. The van der Waals surface area contributed by atoms with Crippen molar-refractivity contribution >= 4 is 59.2 Å². The van der Waals surface area contributed by atoms with E-state index in [1.54, 1.807) is 65.0 Å². The van der Waals surface area contributed by atoms with Crippen LogP contribution in [0.25, 0.3) is 0 Å². The smallest absolute Gasteiger partial charge is 0.329 e. The van der Waals surface area contributed by atoms with Gasteiger partial charge in [-0.1, -0.05) is 95.6 Å². The number of phenols is 2. The highest BCUT2D eigenvalue weighted by Gasteiger charge is 2.47. The van der Waals surface area contributed by atoms with E-state index in [0.29, 0.717) is 29.5 Å². The molecule has 2 heterocycles. The van der Waals surface area contributed by atoms with Crippen LogP contribution in [0, 0.1) is 11.8 Å². The Hall–Kier alpha value is -8.08. The topological polar surface area (TPSA) is 340 Å². The molecule has 0 radical (unpaired) electrons. The quantitative estimate of drug-likeness (QED) is 0.0761. The molecule has 8 amide bonds. The van der Waals surface area contributed by atoms with Crippen LogP contribution in [-0.2, 0) is 71.9 Å². The normalized spacial score (nSPS) is 23.6. The second-order valence-electron chi connectivity index (χ2n) is 20.9. The molecule has 0 spiro atoms. The van der Waals surface area contributed by atoms with Crippen molar-refractivity contribution in [1.29, 1.82) is 0 Å². The molecule has 10 N–H and O–H groups in total. The van der Waals surface area contributed by atoms with E-state index in [0.717, 1.165) is 9.80 Å². The first-order valence-electron chi connectivity index (χ1n) is 27.0. The summed E-state index contributed by atoms with van der Waals surface area (Å²) >= 11 is 0. The predicted octanol–water partition coefficient (Wildman–Crippen LogP) is 1.48. The van der Waals surface area contributed by atoms with Crippen LogP contribution in [0.4, 0.5) is 0 Å². The number of aliphatic hydroxyl groups is 1. The molecule has 3 aromatic carbocycles. The summed E-state index contributed by atoms with van der Waals surface area (Å²) in [6.45, 7) is 9.76. The van der Waals surface area contributed by atoms with E-state index in [4.69, 9.17) is 4.74 Å². The molecule has 2 aliphatic rings. The highest BCUT2D eigenvalue weighted by molar-refractivity contribution is 5.98. The number of likely N-dealkylation sites (N-methyl/N-ethyl adjacent to an activating group) is 1. The zero-order valence-electron chi connectivity index (χ0n) is 46.2. The lowest BCUT2D eigenvalue weighted by atomic mass is 9.93. The van der Waals surface area contributed by atoms with Crippen molar-refractivity contribution in [3.8, 4) is 11.5 Å². The van der Waals surface area contributed by atoms with Gasteiger partial charge in [-0.25, -0.2) is 9.59 Å². The predicted molar refractivity (Wildman–Crippen MR) is 289 cm³/mol. The van der Waals surface area contributed by atoms with Gasteiger partial charge in [0.2, 0.25) is 47.3 Å². The molecule has 2 fully saturated rings. The second-order valence-corrected chi connectivity index (χ2v) is 20.9. The first kappa shape index (κ1) is 62.8. The van der Waals surface area contributed by atoms with Gasteiger partial charge in [-0.05, 0) is 85.4 Å². The number of esters is 1. The van der Waals surface area contributed by atoms with Gasteiger partial charge in [0.25, 0.3) is 0 Å². The lowest BCUT2D eigenvalue weighted by molar-refractivity contribution is -0.167. The number of phenolic OH excluding ortho intramolecular Hbond substituents is 2. The highest BCUT2D eigenvalue weighted by atomic mass is 16.5. The van der Waals surface area contributed by atoms with Gasteiger partial charge in [-0.15, -0.1) is 0 Å². The fourth-order valence-corrected chi connectivity index (χ4v) is 9.56. The molecular formula is C57H76N8O15. The summed E-state index contributed by atoms with van der Waals surface area (Å²) in [6.07, 6.45) is -4.09. The largest absolute Gasteiger partial charge is 0.508 e. The number of aliphatic hydroxyl groups excluding tert-OH is 1. The Morgan fingerprint density at radius 1 is 0.713 bits per heavy atom. The van der Waals surface area contributed by atoms with Crippen LogP contribution in [0.2, 0.25) is 0 Å². The number of piperidine rings is 1. The zero-order chi connectivity index (χ0) is 59.0. The third kappa shape index (κ3) is 17.2. The van der Waals surface area contributed by atoms with E-state index in [-0.39, 0.29) is 50.0 Å². The number of fused-ring (bicyclic) bond motifs is 2. The molecule has 434 valence electrons.